The van der Waals surface area contributed by atoms with Crippen molar-refractivity contribution in [3.63, 3.8) is 0 Å². The summed E-state index contributed by atoms with van der Waals surface area (Å²) in [6.45, 7) is 3.00. The zero-order valence-electron chi connectivity index (χ0n) is 13.9. The third-order valence-electron chi connectivity index (χ3n) is 4.10. The number of nitrogens with one attached hydrogen (secondary N) is 1. The molecule has 0 aliphatic heterocycles. The number of halogens is 1. The van der Waals surface area contributed by atoms with Gasteiger partial charge in [0.15, 0.2) is 0 Å². The van der Waals surface area contributed by atoms with Crippen molar-refractivity contribution in [2.24, 2.45) is 0 Å². The second-order valence-electron chi connectivity index (χ2n) is 5.78. The number of aryl methyl sites for hydroxylation is 1. The van der Waals surface area contributed by atoms with Gasteiger partial charge in [0, 0.05) is 36.4 Å². The number of anilines is 1. The summed E-state index contributed by atoms with van der Waals surface area (Å²) in [6.07, 6.45) is 5.13. The molecule has 0 aliphatic rings. The zero-order valence-corrected chi connectivity index (χ0v) is 14.7. The lowest BCUT2D eigenvalue weighted by Crippen LogP contribution is -2.19. The van der Waals surface area contributed by atoms with Gasteiger partial charge < -0.3 is 5.32 Å². The van der Waals surface area contributed by atoms with Crippen LogP contribution in [0.15, 0.2) is 41.3 Å². The van der Waals surface area contributed by atoms with Gasteiger partial charge in [0.05, 0.1) is 5.69 Å². The lowest BCUT2D eigenvalue weighted by Gasteiger charge is -2.13. The summed E-state index contributed by atoms with van der Waals surface area (Å²) >= 11 is 5.95. The van der Waals surface area contributed by atoms with E-state index in [-0.39, 0.29) is 5.56 Å². The summed E-state index contributed by atoms with van der Waals surface area (Å²) in [7, 11) is 1.82. The topological polar surface area (TPSA) is 51.3 Å². The fourth-order valence-corrected chi connectivity index (χ4v) is 2.93. The van der Waals surface area contributed by atoms with Crippen LogP contribution in [-0.2, 0) is 6.54 Å². The average molecular weight is 345 g/mol. The Balaban J connectivity index is 2.12. The molecule has 6 heteroatoms. The first-order chi connectivity index (χ1) is 11.6. The first-order valence-electron chi connectivity index (χ1n) is 8.20. The number of fused-ring (bicyclic) bond motifs is 1. The molecule has 126 valence electrons. The summed E-state index contributed by atoms with van der Waals surface area (Å²) in [5.74, 6) is 1.45. The Morgan fingerprint density at radius 2 is 1.96 bits per heavy atom. The van der Waals surface area contributed by atoms with Gasteiger partial charge in [0.25, 0.3) is 5.56 Å². The molecule has 0 aliphatic carbocycles. The second-order valence-corrected chi connectivity index (χ2v) is 6.22. The third-order valence-corrected chi connectivity index (χ3v) is 4.35. The minimum Gasteiger partial charge on any atom is -0.374 e. The molecule has 0 fully saturated rings. The van der Waals surface area contributed by atoms with E-state index in [0.717, 1.165) is 42.9 Å². The van der Waals surface area contributed by atoms with E-state index in [9.17, 15) is 4.79 Å². The van der Waals surface area contributed by atoms with Crippen LogP contribution in [0.5, 0.6) is 0 Å². The van der Waals surface area contributed by atoms with Gasteiger partial charge in [-0.1, -0.05) is 43.5 Å². The summed E-state index contributed by atoms with van der Waals surface area (Å²) in [5.41, 5.74) is 1.61. The molecule has 3 rings (SSSR count). The maximum Gasteiger partial charge on any atom is 0.261 e. The fourth-order valence-electron chi connectivity index (χ4n) is 2.80. The Labute approximate surface area is 145 Å². The van der Waals surface area contributed by atoms with Crippen molar-refractivity contribution in [1.29, 1.82) is 0 Å². The summed E-state index contributed by atoms with van der Waals surface area (Å²) < 4.78 is 3.67. The van der Waals surface area contributed by atoms with E-state index >= 15 is 0 Å². The molecule has 2 heterocycles. The molecule has 1 N–H and O–H groups in total. The van der Waals surface area contributed by atoms with Crippen molar-refractivity contribution in [3.05, 3.63) is 51.9 Å². The number of benzene rings is 1. The van der Waals surface area contributed by atoms with Crippen molar-refractivity contribution in [1.82, 2.24) is 14.0 Å². The van der Waals surface area contributed by atoms with E-state index in [1.54, 1.807) is 16.7 Å². The number of unbranched alkanes of at least 4 members (excludes halogenated alkanes) is 2. The molecule has 0 atom stereocenters. The van der Waals surface area contributed by atoms with Gasteiger partial charge in [-0.15, -0.1) is 0 Å². The van der Waals surface area contributed by atoms with Crippen molar-refractivity contribution >= 4 is 23.2 Å². The molecule has 0 amide bonds. The molecule has 3 aromatic rings. The molecular weight excluding hydrogens is 324 g/mol. The van der Waals surface area contributed by atoms with Crippen molar-refractivity contribution in [3.8, 4) is 11.3 Å². The Bertz CT molecular complexity index is 896. The standard InChI is InChI=1S/C18H21ClN4O/c1-3-4-5-10-22-16(20-2)11-17(24)23-12-15(21-18(22)23)13-6-8-14(19)9-7-13/h6-9,11-12,20H,3-5,10H2,1-2H3. The Morgan fingerprint density at radius 3 is 2.62 bits per heavy atom. The second kappa shape index (κ2) is 7.09. The monoisotopic (exact) mass is 344 g/mol. The molecule has 0 spiro atoms. The predicted molar refractivity (Wildman–Crippen MR) is 99.0 cm³/mol. The number of hydrogen-bond acceptors (Lipinski definition) is 3. The highest BCUT2D eigenvalue weighted by Gasteiger charge is 2.13. The molecule has 5 nitrogen and oxygen atoms in total. The molecule has 0 saturated heterocycles. The normalized spacial score (nSPS) is 11.1. The van der Waals surface area contributed by atoms with Gasteiger partial charge in [-0.25, -0.2) is 4.98 Å². The molecule has 0 unspecified atom stereocenters. The lowest BCUT2D eigenvalue weighted by molar-refractivity contribution is 0.606. The average Bonchev–Trinajstić information content (AvgIpc) is 3.03. The van der Waals surface area contributed by atoms with Gasteiger partial charge in [-0.2, -0.15) is 0 Å². The van der Waals surface area contributed by atoms with Gasteiger partial charge in [0.2, 0.25) is 5.78 Å². The molecular formula is C18H21ClN4O. The Morgan fingerprint density at radius 1 is 1.21 bits per heavy atom. The van der Waals surface area contributed by atoms with Crippen LogP contribution in [0.4, 0.5) is 5.82 Å². The predicted octanol–water partition coefficient (Wildman–Crippen LogP) is 4.05. The third kappa shape index (κ3) is 3.17. The van der Waals surface area contributed by atoms with Gasteiger partial charge >= 0.3 is 0 Å². The molecule has 24 heavy (non-hydrogen) atoms. The number of nitrogens with zero attached hydrogens (tertiary/aromatic N) is 3. The summed E-state index contributed by atoms with van der Waals surface area (Å²) in [4.78, 5) is 17.1. The van der Waals surface area contributed by atoms with Crippen LogP contribution in [0, 0.1) is 0 Å². The molecule has 1 aromatic carbocycles. The smallest absolute Gasteiger partial charge is 0.261 e. The number of hydrogen-bond donors (Lipinski definition) is 1. The largest absolute Gasteiger partial charge is 0.374 e. The van der Waals surface area contributed by atoms with Crippen LogP contribution in [0.2, 0.25) is 5.02 Å². The van der Waals surface area contributed by atoms with Crippen LogP contribution in [0.1, 0.15) is 26.2 Å². The van der Waals surface area contributed by atoms with Gasteiger partial charge in [0.1, 0.15) is 5.82 Å². The molecule has 0 saturated carbocycles. The van der Waals surface area contributed by atoms with Crippen molar-refractivity contribution in [2.75, 3.05) is 12.4 Å². The van der Waals surface area contributed by atoms with Crippen LogP contribution >= 0.6 is 11.6 Å². The van der Waals surface area contributed by atoms with E-state index in [1.165, 1.54) is 0 Å². The van der Waals surface area contributed by atoms with E-state index in [1.807, 2.05) is 31.3 Å². The number of aromatic nitrogens is 3. The van der Waals surface area contributed by atoms with Crippen LogP contribution in [0.3, 0.4) is 0 Å². The van der Waals surface area contributed by atoms with E-state index < -0.39 is 0 Å². The molecule has 0 radical (unpaired) electrons. The highest BCUT2D eigenvalue weighted by atomic mass is 35.5. The van der Waals surface area contributed by atoms with E-state index in [0.29, 0.717) is 10.8 Å². The first-order valence-corrected chi connectivity index (χ1v) is 8.58. The minimum atomic E-state index is -0.0891. The van der Waals surface area contributed by atoms with Gasteiger partial charge in [-0.05, 0) is 18.6 Å². The fraction of sp³-hybridized carbons (Fsp3) is 0.333. The minimum absolute atomic E-state index is 0.0891. The van der Waals surface area contributed by atoms with E-state index in [4.69, 9.17) is 16.6 Å². The lowest BCUT2D eigenvalue weighted by atomic mass is 10.2. The Kier molecular flexibility index (Phi) is 4.90. The quantitative estimate of drug-likeness (QED) is 0.686. The molecule has 0 bridgehead atoms. The van der Waals surface area contributed by atoms with Crippen LogP contribution in [0.25, 0.3) is 17.0 Å². The summed E-state index contributed by atoms with van der Waals surface area (Å²) in [5, 5.41) is 3.78. The van der Waals surface area contributed by atoms with Crippen molar-refractivity contribution in [2.45, 2.75) is 32.7 Å². The zero-order chi connectivity index (χ0) is 17.1. The van der Waals surface area contributed by atoms with E-state index in [2.05, 4.69) is 16.8 Å². The van der Waals surface area contributed by atoms with Gasteiger partial charge in [-0.3, -0.25) is 13.8 Å². The SMILES string of the molecule is CCCCCn1c(NC)cc(=O)n2cc(-c3ccc(Cl)cc3)nc12. The first kappa shape index (κ1) is 16.6. The van der Waals surface area contributed by atoms with Crippen LogP contribution in [-0.4, -0.2) is 21.0 Å². The highest BCUT2D eigenvalue weighted by molar-refractivity contribution is 6.30. The highest BCUT2D eigenvalue weighted by Crippen LogP contribution is 2.22. The molecule has 2 aromatic heterocycles. The summed E-state index contributed by atoms with van der Waals surface area (Å²) in [6, 6.07) is 9.09. The Hall–Kier alpha value is -2.27. The maximum absolute atomic E-state index is 12.4. The number of rotatable bonds is 6. The van der Waals surface area contributed by atoms with Crippen molar-refractivity contribution < 1.29 is 0 Å². The maximum atomic E-state index is 12.4. The number of imidazole rings is 1. The van der Waals surface area contributed by atoms with Crippen LogP contribution < -0.4 is 10.9 Å².